The van der Waals surface area contributed by atoms with Gasteiger partial charge in [0, 0.05) is 45.3 Å². The van der Waals surface area contributed by atoms with Crippen molar-refractivity contribution in [2.45, 2.75) is 32.7 Å². The van der Waals surface area contributed by atoms with Gasteiger partial charge in [0.2, 0.25) is 11.8 Å². The van der Waals surface area contributed by atoms with Crippen LogP contribution in [0.3, 0.4) is 0 Å². The van der Waals surface area contributed by atoms with Crippen LogP contribution in [-0.2, 0) is 16.0 Å². The van der Waals surface area contributed by atoms with E-state index in [1.54, 1.807) is 14.2 Å². The summed E-state index contributed by atoms with van der Waals surface area (Å²) in [6.45, 7) is 10.9. The van der Waals surface area contributed by atoms with E-state index in [1.807, 2.05) is 32.9 Å². The average Bonchev–Trinajstić information content (AvgIpc) is 2.66. The van der Waals surface area contributed by atoms with Gasteiger partial charge in [-0.25, -0.2) is 0 Å². The molecular formula is C22H36N4O3. The molecule has 0 atom stereocenters. The zero-order valence-corrected chi connectivity index (χ0v) is 18.5. The molecule has 2 rings (SSSR count). The Morgan fingerprint density at radius 2 is 1.66 bits per heavy atom. The first kappa shape index (κ1) is 23.2. The fourth-order valence-corrected chi connectivity index (χ4v) is 3.32. The minimum absolute atomic E-state index is 0.0132. The van der Waals surface area contributed by atoms with Gasteiger partial charge in [-0.3, -0.25) is 14.5 Å². The lowest BCUT2D eigenvalue weighted by Crippen LogP contribution is -2.51. The Morgan fingerprint density at radius 1 is 1.07 bits per heavy atom. The van der Waals surface area contributed by atoms with Crippen molar-refractivity contribution in [3.05, 3.63) is 29.8 Å². The molecule has 1 aromatic carbocycles. The molecule has 0 saturated carbocycles. The highest BCUT2D eigenvalue weighted by Crippen LogP contribution is 2.12. The van der Waals surface area contributed by atoms with Gasteiger partial charge in [0.05, 0.1) is 20.2 Å². The van der Waals surface area contributed by atoms with Crippen molar-refractivity contribution in [1.82, 2.24) is 20.0 Å². The standard InChI is InChI=1S/C22H36N4O3/c1-22(2,3)23-20(27)16-24(4)21(28)17-26-14-12-25(13-15-26)11-10-18-6-8-19(29-5)9-7-18/h6-9H,10-17H2,1-5H3,(H,23,27). The molecule has 0 radical (unpaired) electrons. The second-order valence-electron chi connectivity index (χ2n) is 8.76. The number of nitrogens with one attached hydrogen (secondary N) is 1. The Morgan fingerprint density at radius 3 is 2.21 bits per heavy atom. The predicted octanol–water partition coefficient (Wildman–Crippen LogP) is 1.23. The number of benzene rings is 1. The first-order valence-corrected chi connectivity index (χ1v) is 10.3. The Kier molecular flexibility index (Phi) is 8.46. The lowest BCUT2D eigenvalue weighted by molar-refractivity contribution is -0.136. The lowest BCUT2D eigenvalue weighted by atomic mass is 10.1. The maximum absolute atomic E-state index is 12.4. The van der Waals surface area contributed by atoms with Crippen molar-refractivity contribution in [2.75, 3.05) is 60.0 Å². The van der Waals surface area contributed by atoms with Gasteiger partial charge in [-0.2, -0.15) is 0 Å². The van der Waals surface area contributed by atoms with Crippen LogP contribution in [0, 0.1) is 0 Å². The molecule has 1 heterocycles. The fourth-order valence-electron chi connectivity index (χ4n) is 3.32. The molecule has 0 aromatic heterocycles. The van der Waals surface area contributed by atoms with Crippen LogP contribution in [0.25, 0.3) is 0 Å². The normalized spacial score (nSPS) is 15.8. The monoisotopic (exact) mass is 404 g/mol. The highest BCUT2D eigenvalue weighted by Gasteiger charge is 2.22. The molecule has 0 unspecified atom stereocenters. The number of methoxy groups -OCH3 is 1. The van der Waals surface area contributed by atoms with Gasteiger partial charge < -0.3 is 19.9 Å². The number of rotatable bonds is 8. The summed E-state index contributed by atoms with van der Waals surface area (Å²) in [5, 5.41) is 2.89. The Labute approximate surface area is 175 Å². The quantitative estimate of drug-likeness (QED) is 0.706. The molecule has 0 aliphatic carbocycles. The molecule has 7 heteroatoms. The van der Waals surface area contributed by atoms with Crippen molar-refractivity contribution in [3.8, 4) is 5.75 Å². The molecule has 162 valence electrons. The number of amides is 2. The molecule has 1 aliphatic heterocycles. The molecule has 0 bridgehead atoms. The minimum atomic E-state index is -0.289. The third-order valence-electron chi connectivity index (χ3n) is 5.02. The fraction of sp³-hybridized carbons (Fsp3) is 0.636. The largest absolute Gasteiger partial charge is 0.497 e. The first-order valence-electron chi connectivity index (χ1n) is 10.3. The highest BCUT2D eigenvalue weighted by molar-refractivity contribution is 5.85. The Hall–Kier alpha value is -2.12. The maximum atomic E-state index is 12.4. The highest BCUT2D eigenvalue weighted by atomic mass is 16.5. The zero-order valence-electron chi connectivity index (χ0n) is 18.5. The van der Waals surface area contributed by atoms with Gasteiger partial charge in [0.25, 0.3) is 0 Å². The summed E-state index contributed by atoms with van der Waals surface area (Å²) in [5.74, 6) is 0.741. The van der Waals surface area contributed by atoms with E-state index < -0.39 is 0 Å². The van der Waals surface area contributed by atoms with Crippen LogP contribution in [0.4, 0.5) is 0 Å². The number of hydrogen-bond donors (Lipinski definition) is 1. The van der Waals surface area contributed by atoms with Gasteiger partial charge in [-0.15, -0.1) is 0 Å². The Bertz CT molecular complexity index is 662. The van der Waals surface area contributed by atoms with Crippen molar-refractivity contribution < 1.29 is 14.3 Å². The van der Waals surface area contributed by atoms with E-state index in [4.69, 9.17) is 4.74 Å². The topological polar surface area (TPSA) is 65.1 Å². The minimum Gasteiger partial charge on any atom is -0.497 e. The van der Waals surface area contributed by atoms with Crippen molar-refractivity contribution in [1.29, 1.82) is 0 Å². The van der Waals surface area contributed by atoms with Gasteiger partial charge in [-0.05, 0) is 44.9 Å². The van der Waals surface area contributed by atoms with E-state index in [9.17, 15) is 9.59 Å². The van der Waals surface area contributed by atoms with Gasteiger partial charge in [0.15, 0.2) is 0 Å². The molecule has 1 aromatic rings. The number of carbonyl (C=O) groups excluding carboxylic acids is 2. The van der Waals surface area contributed by atoms with Crippen molar-refractivity contribution >= 4 is 11.8 Å². The third-order valence-corrected chi connectivity index (χ3v) is 5.02. The summed E-state index contributed by atoms with van der Waals surface area (Å²) in [5.41, 5.74) is 1.02. The van der Waals surface area contributed by atoms with E-state index in [2.05, 4.69) is 27.2 Å². The van der Waals surface area contributed by atoms with E-state index in [1.165, 1.54) is 10.5 Å². The molecule has 0 spiro atoms. The van der Waals surface area contributed by atoms with Crippen LogP contribution < -0.4 is 10.1 Å². The number of likely N-dealkylation sites (N-methyl/N-ethyl adjacent to an activating group) is 1. The smallest absolute Gasteiger partial charge is 0.240 e. The second kappa shape index (κ2) is 10.6. The number of piperazine rings is 1. The van der Waals surface area contributed by atoms with Crippen LogP contribution in [0.2, 0.25) is 0 Å². The second-order valence-corrected chi connectivity index (χ2v) is 8.76. The van der Waals surface area contributed by atoms with E-state index in [-0.39, 0.29) is 23.9 Å². The van der Waals surface area contributed by atoms with Crippen LogP contribution >= 0.6 is 0 Å². The molecule has 1 fully saturated rings. The summed E-state index contributed by atoms with van der Waals surface area (Å²) in [4.78, 5) is 30.6. The Balaban J connectivity index is 1.67. The molecule has 29 heavy (non-hydrogen) atoms. The summed E-state index contributed by atoms with van der Waals surface area (Å²) >= 11 is 0. The third kappa shape index (κ3) is 8.41. The summed E-state index contributed by atoms with van der Waals surface area (Å²) in [7, 11) is 3.37. The average molecular weight is 405 g/mol. The molecule has 1 saturated heterocycles. The molecular weight excluding hydrogens is 368 g/mol. The number of ether oxygens (including phenoxy) is 1. The molecule has 1 aliphatic rings. The van der Waals surface area contributed by atoms with Crippen LogP contribution in [-0.4, -0.2) is 92.0 Å². The van der Waals surface area contributed by atoms with E-state index in [0.717, 1.165) is 44.9 Å². The zero-order chi connectivity index (χ0) is 21.4. The maximum Gasteiger partial charge on any atom is 0.240 e. The van der Waals surface area contributed by atoms with E-state index >= 15 is 0 Å². The van der Waals surface area contributed by atoms with Crippen molar-refractivity contribution in [3.63, 3.8) is 0 Å². The molecule has 7 nitrogen and oxygen atoms in total. The van der Waals surface area contributed by atoms with Gasteiger partial charge in [-0.1, -0.05) is 12.1 Å². The summed E-state index contributed by atoms with van der Waals surface area (Å²) in [6.07, 6.45) is 1.01. The molecule has 2 amide bonds. The van der Waals surface area contributed by atoms with Crippen LogP contribution in [0.5, 0.6) is 5.75 Å². The molecule has 1 N–H and O–H groups in total. The SMILES string of the molecule is COc1ccc(CCN2CCN(CC(=O)N(C)CC(=O)NC(C)(C)C)CC2)cc1. The first-order chi connectivity index (χ1) is 13.7. The number of nitrogens with zero attached hydrogens (tertiary/aromatic N) is 3. The van der Waals surface area contributed by atoms with Gasteiger partial charge >= 0.3 is 0 Å². The van der Waals surface area contributed by atoms with Gasteiger partial charge in [0.1, 0.15) is 5.75 Å². The summed E-state index contributed by atoms with van der Waals surface area (Å²) < 4.78 is 5.20. The van der Waals surface area contributed by atoms with E-state index in [0.29, 0.717) is 6.54 Å². The number of hydrogen-bond acceptors (Lipinski definition) is 5. The lowest BCUT2D eigenvalue weighted by Gasteiger charge is -2.35. The van der Waals surface area contributed by atoms with Crippen molar-refractivity contribution in [2.24, 2.45) is 0 Å². The summed E-state index contributed by atoms with van der Waals surface area (Å²) in [6, 6.07) is 8.22. The van der Waals surface area contributed by atoms with Crippen LogP contribution in [0.1, 0.15) is 26.3 Å². The number of carbonyl (C=O) groups is 2. The predicted molar refractivity (Wildman–Crippen MR) is 115 cm³/mol. The van der Waals surface area contributed by atoms with Crippen LogP contribution in [0.15, 0.2) is 24.3 Å².